The Morgan fingerprint density at radius 2 is 1.80 bits per heavy atom. The van der Waals surface area contributed by atoms with Crippen LogP contribution < -0.4 is 0 Å². The van der Waals surface area contributed by atoms with Gasteiger partial charge in [-0.05, 0) is 18.6 Å². The van der Waals surface area contributed by atoms with Gasteiger partial charge in [0.2, 0.25) is 0 Å². The Morgan fingerprint density at radius 1 is 1.20 bits per heavy atom. The molecule has 1 rings (SSSR count). The number of benzene rings is 1. The van der Waals surface area contributed by atoms with Gasteiger partial charge in [0.25, 0.3) is 0 Å². The molecule has 110 valence electrons. The Kier molecular flexibility index (Phi) is 5.30. The van der Waals surface area contributed by atoms with E-state index in [1.807, 2.05) is 0 Å². The largest absolute Gasteiger partial charge is 0.466 e. The van der Waals surface area contributed by atoms with Crippen molar-refractivity contribution in [2.45, 2.75) is 25.2 Å². The highest BCUT2D eigenvalue weighted by molar-refractivity contribution is 5.70. The van der Waals surface area contributed by atoms with E-state index >= 15 is 0 Å². The van der Waals surface area contributed by atoms with Gasteiger partial charge in [-0.1, -0.05) is 36.4 Å². The van der Waals surface area contributed by atoms with Crippen LogP contribution in [0, 0.1) is 0 Å². The van der Waals surface area contributed by atoms with Crippen molar-refractivity contribution in [1.82, 2.24) is 0 Å². The van der Waals surface area contributed by atoms with Crippen molar-refractivity contribution in [3.8, 4) is 0 Å². The number of carbonyl (C=O) groups excluding carboxylic acids is 1. The van der Waals surface area contributed by atoms with Gasteiger partial charge in [-0.3, -0.25) is 4.79 Å². The molecule has 2 nitrogen and oxygen atoms in total. The molecule has 0 aromatic heterocycles. The number of hydrogen-bond acceptors (Lipinski definition) is 2. The molecule has 0 heterocycles. The fourth-order valence-corrected chi connectivity index (χ4v) is 1.40. The molecule has 6 heteroatoms. The summed E-state index contributed by atoms with van der Waals surface area (Å²) >= 11 is 0. The highest BCUT2D eigenvalue weighted by Gasteiger charge is 2.55. The third-order valence-electron chi connectivity index (χ3n) is 2.44. The van der Waals surface area contributed by atoms with Gasteiger partial charge in [0.15, 0.2) is 0 Å². The van der Waals surface area contributed by atoms with Crippen molar-refractivity contribution in [2.24, 2.45) is 0 Å². The smallest absolute Gasteiger partial charge is 0.329 e. The van der Waals surface area contributed by atoms with E-state index in [0.717, 1.165) is 6.08 Å². The Balaban J connectivity index is 2.80. The quantitative estimate of drug-likeness (QED) is 0.586. The summed E-state index contributed by atoms with van der Waals surface area (Å²) in [5.41, 5.74) is 0.360. The summed E-state index contributed by atoms with van der Waals surface area (Å²) in [6.45, 7) is 1.27. The molecule has 0 atom stereocenters. The third-order valence-corrected chi connectivity index (χ3v) is 2.44. The summed E-state index contributed by atoms with van der Waals surface area (Å²) in [6, 6.07) is 7.85. The van der Waals surface area contributed by atoms with Crippen LogP contribution in [0.25, 0.3) is 6.08 Å². The minimum Gasteiger partial charge on any atom is -0.466 e. The maximum Gasteiger partial charge on any atom is 0.329 e. The van der Waals surface area contributed by atoms with E-state index in [2.05, 4.69) is 4.74 Å². The van der Waals surface area contributed by atoms with E-state index in [1.54, 1.807) is 18.2 Å². The predicted molar refractivity (Wildman–Crippen MR) is 66.6 cm³/mol. The molecule has 0 radical (unpaired) electrons. The standard InChI is InChI=1S/C14H14F4O2/c1-2-20-12(19)10-14(17,18)13(15,16)9-8-11-6-4-3-5-7-11/h3-9H,2,10H2,1H3/b9-8+. The molecule has 0 saturated heterocycles. The number of esters is 1. The number of rotatable bonds is 6. The van der Waals surface area contributed by atoms with E-state index in [9.17, 15) is 22.4 Å². The second-order valence-electron chi connectivity index (χ2n) is 4.05. The van der Waals surface area contributed by atoms with Crippen molar-refractivity contribution in [1.29, 1.82) is 0 Å². The van der Waals surface area contributed by atoms with Crippen LogP contribution in [0.2, 0.25) is 0 Å². The fraction of sp³-hybridized carbons (Fsp3) is 0.357. The van der Waals surface area contributed by atoms with Crippen molar-refractivity contribution < 1.29 is 27.1 Å². The van der Waals surface area contributed by atoms with Crippen LogP contribution >= 0.6 is 0 Å². The van der Waals surface area contributed by atoms with Crippen molar-refractivity contribution in [3.05, 3.63) is 42.0 Å². The number of alkyl halides is 4. The van der Waals surface area contributed by atoms with Crippen LogP contribution in [0.4, 0.5) is 17.6 Å². The van der Waals surface area contributed by atoms with Crippen LogP contribution in [-0.2, 0) is 9.53 Å². The van der Waals surface area contributed by atoms with Crippen molar-refractivity contribution in [2.75, 3.05) is 6.61 Å². The Hall–Kier alpha value is -1.85. The molecule has 0 spiro atoms. The van der Waals surface area contributed by atoms with Gasteiger partial charge in [0, 0.05) is 0 Å². The lowest BCUT2D eigenvalue weighted by atomic mass is 10.1. The summed E-state index contributed by atoms with van der Waals surface area (Å²) in [5, 5.41) is 0. The number of allylic oxidation sites excluding steroid dienone is 1. The summed E-state index contributed by atoms with van der Waals surface area (Å²) < 4.78 is 57.9. The highest BCUT2D eigenvalue weighted by atomic mass is 19.3. The van der Waals surface area contributed by atoms with E-state index in [4.69, 9.17) is 0 Å². The van der Waals surface area contributed by atoms with Crippen LogP contribution in [0.1, 0.15) is 18.9 Å². The maximum absolute atomic E-state index is 13.4. The van der Waals surface area contributed by atoms with Gasteiger partial charge >= 0.3 is 17.8 Å². The molecular weight excluding hydrogens is 276 g/mol. The number of ether oxygens (including phenoxy) is 1. The molecule has 0 amide bonds. The summed E-state index contributed by atoms with van der Waals surface area (Å²) in [5.74, 6) is -10.3. The molecule has 1 aromatic rings. The Labute approximate surface area is 114 Å². The lowest BCUT2D eigenvalue weighted by Gasteiger charge is -2.23. The van der Waals surface area contributed by atoms with Gasteiger partial charge in [-0.25, -0.2) is 0 Å². The van der Waals surface area contributed by atoms with E-state index < -0.39 is 24.2 Å². The maximum atomic E-state index is 13.4. The van der Waals surface area contributed by atoms with Crippen molar-refractivity contribution >= 4 is 12.0 Å². The predicted octanol–water partition coefficient (Wildman–Crippen LogP) is 3.92. The van der Waals surface area contributed by atoms with Gasteiger partial charge in [0.05, 0.1) is 6.61 Å². The average molecular weight is 290 g/mol. The average Bonchev–Trinajstić information content (AvgIpc) is 2.37. The van der Waals surface area contributed by atoms with E-state index in [-0.39, 0.29) is 12.7 Å². The lowest BCUT2D eigenvalue weighted by molar-refractivity contribution is -0.194. The first-order valence-electron chi connectivity index (χ1n) is 5.94. The monoisotopic (exact) mass is 290 g/mol. The van der Waals surface area contributed by atoms with E-state index in [1.165, 1.54) is 19.1 Å². The number of hydrogen-bond donors (Lipinski definition) is 0. The molecule has 0 aliphatic heterocycles. The van der Waals surface area contributed by atoms with Crippen LogP contribution in [0.3, 0.4) is 0 Å². The molecule has 0 aliphatic rings. The molecule has 1 aromatic carbocycles. The first kappa shape index (κ1) is 16.2. The molecule has 0 aliphatic carbocycles. The Bertz CT molecular complexity index is 469. The SMILES string of the molecule is CCOC(=O)CC(F)(F)C(F)(F)/C=C/c1ccccc1. The zero-order valence-electron chi connectivity index (χ0n) is 10.8. The molecule has 0 N–H and O–H groups in total. The van der Waals surface area contributed by atoms with Gasteiger partial charge in [0.1, 0.15) is 6.42 Å². The topological polar surface area (TPSA) is 26.3 Å². The second-order valence-corrected chi connectivity index (χ2v) is 4.05. The van der Waals surface area contributed by atoms with Crippen LogP contribution in [-0.4, -0.2) is 24.4 Å². The van der Waals surface area contributed by atoms with Crippen LogP contribution in [0.5, 0.6) is 0 Å². The lowest BCUT2D eigenvalue weighted by Crippen LogP contribution is -2.40. The number of carbonyl (C=O) groups is 1. The molecule has 0 unspecified atom stereocenters. The molecular formula is C14H14F4O2. The first-order valence-corrected chi connectivity index (χ1v) is 5.94. The third kappa shape index (κ3) is 4.36. The van der Waals surface area contributed by atoms with Gasteiger partial charge < -0.3 is 4.74 Å². The first-order chi connectivity index (χ1) is 9.28. The zero-order chi connectivity index (χ0) is 15.2. The highest BCUT2D eigenvalue weighted by Crippen LogP contribution is 2.38. The zero-order valence-corrected chi connectivity index (χ0v) is 10.8. The summed E-state index contributed by atoms with van der Waals surface area (Å²) in [6.07, 6.45) is -0.673. The van der Waals surface area contributed by atoms with Crippen LogP contribution in [0.15, 0.2) is 36.4 Å². The number of halogens is 4. The molecule has 0 saturated carbocycles. The molecule has 0 fully saturated rings. The fourth-order valence-electron chi connectivity index (χ4n) is 1.40. The minimum absolute atomic E-state index is 0.0988. The summed E-state index contributed by atoms with van der Waals surface area (Å²) in [7, 11) is 0. The minimum atomic E-state index is -4.50. The summed E-state index contributed by atoms with van der Waals surface area (Å²) in [4.78, 5) is 10.9. The second kappa shape index (κ2) is 6.54. The Morgan fingerprint density at radius 3 is 2.35 bits per heavy atom. The normalized spacial score (nSPS) is 12.7. The van der Waals surface area contributed by atoms with Crippen molar-refractivity contribution in [3.63, 3.8) is 0 Å². The van der Waals surface area contributed by atoms with E-state index in [0.29, 0.717) is 5.56 Å². The molecule has 20 heavy (non-hydrogen) atoms. The molecule has 0 bridgehead atoms. The van der Waals surface area contributed by atoms with Gasteiger partial charge in [-0.2, -0.15) is 17.6 Å². The van der Waals surface area contributed by atoms with Gasteiger partial charge in [-0.15, -0.1) is 0 Å².